The van der Waals surface area contributed by atoms with Gasteiger partial charge >= 0.3 is 5.97 Å². The van der Waals surface area contributed by atoms with Crippen molar-refractivity contribution < 1.29 is 14.6 Å². The van der Waals surface area contributed by atoms with E-state index < -0.39 is 5.97 Å². The van der Waals surface area contributed by atoms with Gasteiger partial charge < -0.3 is 14.8 Å². The van der Waals surface area contributed by atoms with Crippen molar-refractivity contribution in [2.24, 2.45) is 0 Å². The number of H-pyrrole nitrogens is 1. The van der Waals surface area contributed by atoms with Gasteiger partial charge in [-0.05, 0) is 13.0 Å². The third-order valence-electron chi connectivity index (χ3n) is 2.66. The highest BCUT2D eigenvalue weighted by Crippen LogP contribution is 2.21. The zero-order valence-electron chi connectivity index (χ0n) is 10.5. The summed E-state index contributed by atoms with van der Waals surface area (Å²) in [5.41, 5.74) is 1.51. The second-order valence-corrected chi connectivity index (χ2v) is 4.13. The molecule has 3 heterocycles. The third-order valence-corrected chi connectivity index (χ3v) is 2.66. The van der Waals surface area contributed by atoms with E-state index in [-0.39, 0.29) is 17.0 Å². The van der Waals surface area contributed by atoms with Crippen molar-refractivity contribution in [1.29, 1.82) is 0 Å². The largest absolute Gasteiger partial charge is 0.478 e. The summed E-state index contributed by atoms with van der Waals surface area (Å²) in [6, 6.07) is 5.34. The molecule has 0 spiro atoms. The lowest BCUT2D eigenvalue weighted by atomic mass is 10.3. The lowest BCUT2D eigenvalue weighted by Crippen LogP contribution is -1.97. The number of carbonyl (C=O) groups is 1. The molecule has 0 bridgehead atoms. The summed E-state index contributed by atoms with van der Waals surface area (Å²) in [4.78, 5) is 26.2. The Labute approximate surface area is 113 Å². The number of nitrogens with zero attached hydrogens (tertiary/aromatic N) is 3. The van der Waals surface area contributed by atoms with E-state index in [1.807, 2.05) is 19.1 Å². The quantitative estimate of drug-likeness (QED) is 0.756. The van der Waals surface area contributed by atoms with Crippen LogP contribution in [-0.4, -0.2) is 31.0 Å². The topological polar surface area (TPSA) is 101 Å². The molecule has 7 nitrogen and oxygen atoms in total. The molecule has 0 amide bonds. The Bertz CT molecular complexity index is 797. The minimum Gasteiger partial charge on any atom is -0.478 e. The van der Waals surface area contributed by atoms with E-state index in [1.54, 1.807) is 6.07 Å². The Balaban J connectivity index is 2.00. The van der Waals surface area contributed by atoms with Gasteiger partial charge in [-0.1, -0.05) is 6.07 Å². The van der Waals surface area contributed by atoms with Gasteiger partial charge in [0.15, 0.2) is 5.65 Å². The van der Waals surface area contributed by atoms with Crippen LogP contribution < -0.4 is 4.74 Å². The molecule has 0 saturated heterocycles. The fourth-order valence-electron chi connectivity index (χ4n) is 1.77. The van der Waals surface area contributed by atoms with E-state index in [2.05, 4.69) is 19.9 Å². The molecule has 2 N–H and O–H groups in total. The number of aromatic nitrogens is 4. The minimum atomic E-state index is -1.07. The molecule has 20 heavy (non-hydrogen) atoms. The van der Waals surface area contributed by atoms with Crippen molar-refractivity contribution in [1.82, 2.24) is 19.9 Å². The number of carboxylic acid groups (broad SMARTS) is 1. The van der Waals surface area contributed by atoms with Gasteiger partial charge in [-0.25, -0.2) is 19.7 Å². The van der Waals surface area contributed by atoms with Crippen molar-refractivity contribution in [3.8, 4) is 11.8 Å². The van der Waals surface area contributed by atoms with Crippen molar-refractivity contribution in [3.05, 3.63) is 41.9 Å². The predicted octanol–water partition coefficient (Wildman–Crippen LogP) is 2.15. The van der Waals surface area contributed by atoms with E-state index in [0.29, 0.717) is 11.5 Å². The van der Waals surface area contributed by atoms with Crippen molar-refractivity contribution >= 4 is 17.1 Å². The van der Waals surface area contributed by atoms with Gasteiger partial charge in [-0.15, -0.1) is 0 Å². The van der Waals surface area contributed by atoms with Gasteiger partial charge in [0.1, 0.15) is 11.1 Å². The molecule has 0 atom stereocenters. The van der Waals surface area contributed by atoms with E-state index in [0.717, 1.165) is 5.69 Å². The first-order chi connectivity index (χ1) is 9.63. The van der Waals surface area contributed by atoms with Gasteiger partial charge in [0.25, 0.3) is 0 Å². The first-order valence-electron chi connectivity index (χ1n) is 5.82. The second kappa shape index (κ2) is 4.61. The van der Waals surface area contributed by atoms with Crippen molar-refractivity contribution in [2.75, 3.05) is 0 Å². The maximum atomic E-state index is 11.0. The fourth-order valence-corrected chi connectivity index (χ4v) is 1.77. The zero-order valence-corrected chi connectivity index (χ0v) is 10.5. The SMILES string of the molecule is Cc1cccc(Oc2cnc3[nH]cc(C(=O)O)c3n2)n1. The van der Waals surface area contributed by atoms with Gasteiger partial charge in [-0.3, -0.25) is 0 Å². The van der Waals surface area contributed by atoms with Crippen LogP contribution in [-0.2, 0) is 0 Å². The summed E-state index contributed by atoms with van der Waals surface area (Å²) >= 11 is 0. The van der Waals surface area contributed by atoms with Crippen LogP contribution in [0.3, 0.4) is 0 Å². The van der Waals surface area contributed by atoms with E-state index in [4.69, 9.17) is 9.84 Å². The number of fused-ring (bicyclic) bond motifs is 1. The Morgan fingerprint density at radius 1 is 1.30 bits per heavy atom. The molecule has 0 aliphatic heterocycles. The standard InChI is InChI=1S/C13H10N4O3/c1-7-3-2-4-9(16-7)20-10-6-15-12-11(17-10)8(5-14-12)13(18)19/h2-6H,1H3,(H,14,15)(H,18,19). The van der Waals surface area contributed by atoms with Crippen LogP contribution in [0.15, 0.2) is 30.6 Å². The molecule has 3 rings (SSSR count). The van der Waals surface area contributed by atoms with Crippen LogP contribution in [0.5, 0.6) is 11.8 Å². The molecule has 0 unspecified atom stereocenters. The molecule has 0 saturated carbocycles. The molecule has 0 fully saturated rings. The predicted molar refractivity (Wildman–Crippen MR) is 69.9 cm³/mol. The van der Waals surface area contributed by atoms with Gasteiger partial charge in [-0.2, -0.15) is 0 Å². The summed E-state index contributed by atoms with van der Waals surface area (Å²) in [5.74, 6) is -0.500. The van der Waals surface area contributed by atoms with Crippen LogP contribution in [0, 0.1) is 6.92 Å². The third kappa shape index (κ3) is 2.16. The average Bonchev–Trinajstić information content (AvgIpc) is 2.82. The maximum absolute atomic E-state index is 11.0. The minimum absolute atomic E-state index is 0.0511. The number of aromatic amines is 1. The number of rotatable bonds is 3. The molecule has 100 valence electrons. The highest BCUT2D eigenvalue weighted by molar-refractivity contribution is 6.00. The maximum Gasteiger partial charge on any atom is 0.339 e. The van der Waals surface area contributed by atoms with Crippen LogP contribution in [0.4, 0.5) is 0 Å². The number of hydrogen-bond donors (Lipinski definition) is 2. The van der Waals surface area contributed by atoms with Crippen LogP contribution in [0.2, 0.25) is 0 Å². The van der Waals surface area contributed by atoms with Crippen molar-refractivity contribution in [3.63, 3.8) is 0 Å². The molecule has 0 aromatic carbocycles. The smallest absolute Gasteiger partial charge is 0.339 e. The summed E-state index contributed by atoms with van der Waals surface area (Å²) in [6.07, 6.45) is 2.76. The van der Waals surface area contributed by atoms with Crippen molar-refractivity contribution in [2.45, 2.75) is 6.92 Å². The van der Waals surface area contributed by atoms with Crippen LogP contribution in [0.1, 0.15) is 16.1 Å². The van der Waals surface area contributed by atoms with Gasteiger partial charge in [0, 0.05) is 18.0 Å². The molecule has 3 aromatic rings. The zero-order chi connectivity index (χ0) is 14.1. The Kier molecular flexibility index (Phi) is 2.79. The lowest BCUT2D eigenvalue weighted by molar-refractivity contribution is 0.0699. The van der Waals surface area contributed by atoms with Crippen LogP contribution in [0.25, 0.3) is 11.2 Å². The normalized spacial score (nSPS) is 10.7. The molecule has 7 heteroatoms. The van der Waals surface area contributed by atoms with Gasteiger partial charge in [0.2, 0.25) is 11.8 Å². The second-order valence-electron chi connectivity index (χ2n) is 4.13. The lowest BCUT2D eigenvalue weighted by Gasteiger charge is -2.03. The fraction of sp³-hybridized carbons (Fsp3) is 0.0769. The number of aryl methyl sites for hydroxylation is 1. The number of aromatic carboxylic acids is 1. The molecule has 0 radical (unpaired) electrons. The summed E-state index contributed by atoms with van der Waals surface area (Å²) in [5, 5.41) is 9.05. The first-order valence-corrected chi connectivity index (χ1v) is 5.82. The number of ether oxygens (including phenoxy) is 1. The monoisotopic (exact) mass is 270 g/mol. The molecule has 0 aliphatic rings. The van der Waals surface area contributed by atoms with Crippen LogP contribution >= 0.6 is 0 Å². The Morgan fingerprint density at radius 2 is 2.15 bits per heavy atom. The van der Waals surface area contributed by atoms with E-state index in [1.165, 1.54) is 12.4 Å². The number of carboxylic acids is 1. The highest BCUT2D eigenvalue weighted by Gasteiger charge is 2.14. The molecular formula is C13H10N4O3. The number of nitrogens with one attached hydrogen (secondary N) is 1. The van der Waals surface area contributed by atoms with Gasteiger partial charge in [0.05, 0.1) is 6.20 Å². The number of hydrogen-bond acceptors (Lipinski definition) is 5. The summed E-state index contributed by atoms with van der Waals surface area (Å²) in [6.45, 7) is 1.84. The van der Waals surface area contributed by atoms with E-state index in [9.17, 15) is 4.79 Å². The highest BCUT2D eigenvalue weighted by atomic mass is 16.5. The Morgan fingerprint density at radius 3 is 2.90 bits per heavy atom. The average molecular weight is 270 g/mol. The molecule has 0 aliphatic carbocycles. The molecule has 3 aromatic heterocycles. The first kappa shape index (κ1) is 12.1. The summed E-state index contributed by atoms with van der Waals surface area (Å²) in [7, 11) is 0. The Hall–Kier alpha value is -2.96. The summed E-state index contributed by atoms with van der Waals surface area (Å²) < 4.78 is 5.48. The number of pyridine rings is 1. The van der Waals surface area contributed by atoms with E-state index >= 15 is 0 Å². The molecular weight excluding hydrogens is 260 g/mol.